The molecule has 1 saturated heterocycles. The zero-order valence-corrected chi connectivity index (χ0v) is 17.1. The number of nitrogens with zero attached hydrogens (tertiary/aromatic N) is 1. The fourth-order valence-electron chi connectivity index (χ4n) is 3.46. The molecule has 4 nitrogen and oxygen atoms in total. The first-order valence-electron chi connectivity index (χ1n) is 9.95. The number of unbranched alkanes of at least 4 members (excludes halogenated alkanes) is 6. The van der Waals surface area contributed by atoms with Crippen LogP contribution in [0.25, 0.3) is 0 Å². The molecule has 158 valence electrons. The normalized spacial score (nSPS) is 17.5. The van der Waals surface area contributed by atoms with Crippen molar-refractivity contribution in [3.05, 3.63) is 0 Å². The number of alkyl halides is 3. The molecule has 1 rings (SSSR count). The number of halogens is 3. The van der Waals surface area contributed by atoms with Gasteiger partial charge in [-0.2, -0.15) is 13.2 Å². The predicted molar refractivity (Wildman–Crippen MR) is 97.6 cm³/mol. The van der Waals surface area contributed by atoms with Crippen molar-refractivity contribution in [2.45, 2.75) is 90.0 Å². The molecule has 0 spiro atoms. The van der Waals surface area contributed by atoms with Crippen LogP contribution in [0.1, 0.15) is 84.5 Å². The van der Waals surface area contributed by atoms with Gasteiger partial charge < -0.3 is 9.04 Å². The second-order valence-corrected chi connectivity index (χ2v) is 8.69. The van der Waals surface area contributed by atoms with E-state index in [0.717, 1.165) is 0 Å². The number of hydrogen-bond donors (Lipinski definition) is 0. The van der Waals surface area contributed by atoms with Gasteiger partial charge in [-0.3, -0.25) is 0 Å². The first kappa shape index (κ1) is 25.7. The molecule has 1 heterocycles. The predicted octanol–water partition coefficient (Wildman–Crippen LogP) is 5.20. The molecule has 0 aliphatic carbocycles. The summed E-state index contributed by atoms with van der Waals surface area (Å²) in [4.78, 5) is 0. The Morgan fingerprint density at radius 3 is 1.69 bits per heavy atom. The van der Waals surface area contributed by atoms with E-state index in [9.17, 15) is 13.2 Å². The summed E-state index contributed by atoms with van der Waals surface area (Å²) in [5.74, 6) is 0. The molecule has 0 aromatic heterocycles. The molecule has 0 saturated carbocycles. The van der Waals surface area contributed by atoms with Gasteiger partial charge in [0, 0.05) is 0 Å². The summed E-state index contributed by atoms with van der Waals surface area (Å²) in [6, 6.07) is 0. The van der Waals surface area contributed by atoms with Gasteiger partial charge in [-0.05, 0) is 38.5 Å². The van der Waals surface area contributed by atoms with Crippen molar-refractivity contribution in [3.8, 4) is 0 Å². The molecule has 26 heavy (non-hydrogen) atoms. The summed E-state index contributed by atoms with van der Waals surface area (Å²) >= 11 is 0. The summed E-state index contributed by atoms with van der Waals surface area (Å²) in [6.07, 6.45) is 16.0. The smallest absolute Gasteiger partial charge is 0.485 e. The zero-order chi connectivity index (χ0) is 20.1. The standard InChI is InChI=1S/C17H36N.CHF3O3S/c1-3-5-7-8-9-11-15-18(14-6-4-2)16-12-10-13-17-18;2-1(3,4)8(5,6)7/h3-17H2,1-2H3;(H,5,6,7)/q+1;/p-1. The van der Waals surface area contributed by atoms with Crippen molar-refractivity contribution >= 4 is 10.1 Å². The van der Waals surface area contributed by atoms with Gasteiger partial charge in [0.2, 0.25) is 0 Å². The second kappa shape index (κ2) is 12.9. The molecule has 0 aromatic rings. The highest BCUT2D eigenvalue weighted by atomic mass is 32.2. The molecule has 0 atom stereocenters. The Bertz CT molecular complexity index is 447. The highest BCUT2D eigenvalue weighted by Crippen LogP contribution is 2.22. The number of likely N-dealkylation sites (tertiary alicyclic amines) is 1. The van der Waals surface area contributed by atoms with Crippen LogP contribution in [-0.4, -0.2) is 49.1 Å². The van der Waals surface area contributed by atoms with Crippen LogP contribution in [0, 0.1) is 0 Å². The van der Waals surface area contributed by atoms with Crippen LogP contribution in [0.3, 0.4) is 0 Å². The van der Waals surface area contributed by atoms with Crippen molar-refractivity contribution < 1.29 is 30.6 Å². The summed E-state index contributed by atoms with van der Waals surface area (Å²) in [5.41, 5.74) is -5.65. The number of piperidine rings is 1. The number of hydrogen-bond acceptors (Lipinski definition) is 3. The Balaban J connectivity index is 0.000000660. The van der Waals surface area contributed by atoms with E-state index in [-0.39, 0.29) is 0 Å². The van der Waals surface area contributed by atoms with Gasteiger partial charge in [-0.25, -0.2) is 8.42 Å². The Hall–Kier alpha value is -0.340. The third-order valence-electron chi connectivity index (χ3n) is 5.02. The molecule has 1 aliphatic heterocycles. The first-order chi connectivity index (χ1) is 12.1. The molecule has 1 fully saturated rings. The molecule has 0 radical (unpaired) electrons. The second-order valence-electron chi connectivity index (χ2n) is 7.32. The van der Waals surface area contributed by atoms with E-state index in [2.05, 4.69) is 13.8 Å². The van der Waals surface area contributed by atoms with Gasteiger partial charge in [-0.1, -0.05) is 46.0 Å². The molecular weight excluding hydrogens is 367 g/mol. The van der Waals surface area contributed by atoms with Crippen LogP contribution in [0.5, 0.6) is 0 Å². The quantitative estimate of drug-likeness (QED) is 0.218. The van der Waals surface area contributed by atoms with Crippen LogP contribution in [0.4, 0.5) is 13.2 Å². The lowest BCUT2D eigenvalue weighted by molar-refractivity contribution is -0.932. The average Bonchev–Trinajstić information content (AvgIpc) is 2.56. The van der Waals surface area contributed by atoms with E-state index < -0.39 is 15.6 Å². The first-order valence-corrected chi connectivity index (χ1v) is 11.4. The molecule has 1 aliphatic rings. The van der Waals surface area contributed by atoms with Gasteiger partial charge >= 0.3 is 5.51 Å². The topological polar surface area (TPSA) is 57.2 Å². The SMILES string of the molecule is CCCCCCCC[N+]1(CCCC)CCCCC1.O=S(=O)([O-])C(F)(F)F. The van der Waals surface area contributed by atoms with Crippen LogP contribution in [-0.2, 0) is 10.1 Å². The van der Waals surface area contributed by atoms with E-state index in [1.807, 2.05) is 0 Å². The van der Waals surface area contributed by atoms with Gasteiger partial charge in [0.15, 0.2) is 10.1 Å². The van der Waals surface area contributed by atoms with Crippen LogP contribution < -0.4 is 0 Å². The lowest BCUT2D eigenvalue weighted by Crippen LogP contribution is -2.52. The number of rotatable bonds is 10. The molecule has 8 heteroatoms. The van der Waals surface area contributed by atoms with E-state index >= 15 is 0 Å². The van der Waals surface area contributed by atoms with Crippen molar-refractivity contribution in [1.82, 2.24) is 0 Å². The lowest BCUT2D eigenvalue weighted by atomic mass is 10.0. The fourth-order valence-corrected chi connectivity index (χ4v) is 3.46. The molecule has 0 unspecified atom stereocenters. The van der Waals surface area contributed by atoms with E-state index in [1.165, 1.54) is 101 Å². The van der Waals surface area contributed by atoms with Crippen molar-refractivity contribution in [2.75, 3.05) is 26.2 Å². The molecule has 0 amide bonds. The summed E-state index contributed by atoms with van der Waals surface area (Å²) in [5, 5.41) is 0. The fraction of sp³-hybridized carbons (Fsp3) is 1.00. The van der Waals surface area contributed by atoms with Crippen molar-refractivity contribution in [3.63, 3.8) is 0 Å². The highest BCUT2D eigenvalue weighted by Gasteiger charge is 2.36. The minimum atomic E-state index is -6.09. The van der Waals surface area contributed by atoms with Gasteiger partial charge in [0.25, 0.3) is 0 Å². The van der Waals surface area contributed by atoms with Crippen LogP contribution in [0.15, 0.2) is 0 Å². The Kier molecular flexibility index (Phi) is 12.8. The average molecular weight is 404 g/mol. The Morgan fingerprint density at radius 1 is 0.808 bits per heavy atom. The molecule has 0 aromatic carbocycles. The monoisotopic (exact) mass is 403 g/mol. The maximum absolute atomic E-state index is 10.7. The third kappa shape index (κ3) is 11.4. The van der Waals surface area contributed by atoms with Crippen molar-refractivity contribution in [2.24, 2.45) is 0 Å². The Morgan fingerprint density at radius 2 is 1.23 bits per heavy atom. The zero-order valence-electron chi connectivity index (χ0n) is 16.3. The highest BCUT2D eigenvalue weighted by molar-refractivity contribution is 7.86. The van der Waals surface area contributed by atoms with Gasteiger partial charge in [-0.15, -0.1) is 0 Å². The summed E-state index contributed by atoms with van der Waals surface area (Å²) < 4.78 is 60.4. The maximum atomic E-state index is 10.7. The minimum absolute atomic E-state index is 1.37. The number of quaternary nitrogens is 1. The largest absolute Gasteiger partial charge is 0.741 e. The molecule has 0 N–H and O–H groups in total. The maximum Gasteiger partial charge on any atom is 0.485 e. The molecule has 0 bridgehead atoms. The molecular formula is C18H36F3NO3S. The third-order valence-corrected chi connectivity index (χ3v) is 5.59. The van der Waals surface area contributed by atoms with E-state index in [4.69, 9.17) is 13.0 Å². The van der Waals surface area contributed by atoms with Crippen LogP contribution >= 0.6 is 0 Å². The van der Waals surface area contributed by atoms with Gasteiger partial charge in [0.05, 0.1) is 26.2 Å². The van der Waals surface area contributed by atoms with E-state index in [1.54, 1.807) is 0 Å². The van der Waals surface area contributed by atoms with Crippen LogP contribution in [0.2, 0.25) is 0 Å². The minimum Gasteiger partial charge on any atom is -0.741 e. The van der Waals surface area contributed by atoms with Crippen molar-refractivity contribution in [1.29, 1.82) is 0 Å². The Labute approximate surface area is 157 Å². The van der Waals surface area contributed by atoms with E-state index in [0.29, 0.717) is 0 Å². The lowest BCUT2D eigenvalue weighted by Gasteiger charge is -2.42. The van der Waals surface area contributed by atoms with Gasteiger partial charge in [0.1, 0.15) is 0 Å². The summed E-state index contributed by atoms with van der Waals surface area (Å²) in [7, 11) is -6.09. The summed E-state index contributed by atoms with van der Waals surface area (Å²) in [6.45, 7) is 10.5.